The monoisotopic (exact) mass is 518 g/mol. The second kappa shape index (κ2) is 10.0. The fourth-order valence-corrected chi connectivity index (χ4v) is 3.82. The van der Waals surface area contributed by atoms with Crippen LogP contribution < -0.4 is 10.6 Å². The molecule has 1 aromatic carbocycles. The smallest absolute Gasteiger partial charge is 0.322 e. The predicted octanol–water partition coefficient (Wildman–Crippen LogP) is 5.53. The van der Waals surface area contributed by atoms with Gasteiger partial charge < -0.3 is 10.6 Å². The summed E-state index contributed by atoms with van der Waals surface area (Å²) in [7, 11) is 0. The van der Waals surface area contributed by atoms with Crippen LogP contribution >= 0.6 is 0 Å². The molecule has 0 atom stereocenters. The Hall–Kier alpha value is -4.67. The van der Waals surface area contributed by atoms with Gasteiger partial charge in [0.25, 0.3) is 5.91 Å². The first-order valence-corrected chi connectivity index (χ1v) is 11.7. The molecule has 192 valence electrons. The maximum atomic E-state index is 13.0. The van der Waals surface area contributed by atoms with Gasteiger partial charge in [-0.05, 0) is 55.2 Å². The van der Waals surface area contributed by atoms with Crippen LogP contribution in [0.4, 0.5) is 24.7 Å². The van der Waals surface area contributed by atoms with Gasteiger partial charge in [-0.25, -0.2) is 9.97 Å². The zero-order valence-electron chi connectivity index (χ0n) is 20.1. The molecule has 8 nitrogen and oxygen atoms in total. The fraction of sp³-hybridized carbons (Fsp3) is 0.185. The minimum atomic E-state index is -4.61. The number of aromatic nitrogens is 4. The lowest BCUT2D eigenvalue weighted by molar-refractivity contribution is -0.137. The third-order valence-electron chi connectivity index (χ3n) is 6.03. The quantitative estimate of drug-likeness (QED) is 0.347. The second-order valence-electron chi connectivity index (χ2n) is 8.96. The molecular formula is C27H21F3N6O2. The molecular weight excluding hydrogens is 497 g/mol. The van der Waals surface area contributed by atoms with Gasteiger partial charge in [-0.1, -0.05) is 6.07 Å². The summed E-state index contributed by atoms with van der Waals surface area (Å²) >= 11 is 0. The molecule has 5 rings (SSSR count). The topological polar surface area (TPSA) is 110 Å². The average Bonchev–Trinajstić information content (AvgIpc) is 3.75. The van der Waals surface area contributed by atoms with Crippen molar-refractivity contribution in [1.29, 1.82) is 0 Å². The van der Waals surface area contributed by atoms with Crippen molar-refractivity contribution in [3.05, 3.63) is 84.2 Å². The summed E-state index contributed by atoms with van der Waals surface area (Å²) in [5.74, 6) is -0.328. The predicted molar refractivity (Wildman–Crippen MR) is 134 cm³/mol. The Kier molecular flexibility index (Phi) is 6.58. The molecule has 0 bridgehead atoms. The Morgan fingerprint density at radius 1 is 0.895 bits per heavy atom. The van der Waals surface area contributed by atoms with Crippen molar-refractivity contribution in [2.24, 2.45) is 5.92 Å². The van der Waals surface area contributed by atoms with Gasteiger partial charge in [0.2, 0.25) is 5.91 Å². The number of benzene rings is 1. The molecule has 2 amide bonds. The Morgan fingerprint density at radius 2 is 1.66 bits per heavy atom. The van der Waals surface area contributed by atoms with Gasteiger partial charge in [0.1, 0.15) is 12.1 Å². The molecule has 3 aromatic heterocycles. The summed E-state index contributed by atoms with van der Waals surface area (Å²) in [6.07, 6.45) is 3.57. The number of carbonyl (C=O) groups excluding carboxylic acids is 2. The van der Waals surface area contributed by atoms with Crippen molar-refractivity contribution in [2.45, 2.75) is 25.9 Å². The number of hydrogen-bond donors (Lipinski definition) is 2. The highest BCUT2D eigenvalue weighted by molar-refractivity contribution is 6.04. The number of amides is 2. The summed E-state index contributed by atoms with van der Waals surface area (Å²) < 4.78 is 39.0. The number of nitrogens with one attached hydrogen (secondary N) is 2. The molecule has 0 aliphatic heterocycles. The molecule has 3 heterocycles. The van der Waals surface area contributed by atoms with Gasteiger partial charge in [-0.15, -0.1) is 0 Å². The third kappa shape index (κ3) is 5.66. The van der Waals surface area contributed by atoms with Crippen LogP contribution in [0.1, 0.15) is 34.3 Å². The maximum Gasteiger partial charge on any atom is 0.417 e. The van der Waals surface area contributed by atoms with Crippen LogP contribution in [-0.2, 0) is 11.0 Å². The van der Waals surface area contributed by atoms with Crippen molar-refractivity contribution in [2.75, 3.05) is 10.6 Å². The lowest BCUT2D eigenvalue weighted by Crippen LogP contribution is -2.14. The number of anilines is 2. The lowest BCUT2D eigenvalue weighted by atomic mass is 9.99. The highest BCUT2D eigenvalue weighted by Crippen LogP contribution is 2.32. The van der Waals surface area contributed by atoms with Crippen molar-refractivity contribution in [1.82, 2.24) is 19.9 Å². The van der Waals surface area contributed by atoms with Crippen molar-refractivity contribution in [3.8, 4) is 22.4 Å². The van der Waals surface area contributed by atoms with Crippen LogP contribution in [0.15, 0.2) is 67.5 Å². The molecule has 0 radical (unpaired) electrons. The molecule has 1 aliphatic rings. The Morgan fingerprint density at radius 3 is 2.42 bits per heavy atom. The molecule has 2 N–H and O–H groups in total. The molecule has 1 fully saturated rings. The summed E-state index contributed by atoms with van der Waals surface area (Å²) in [6.45, 7) is 1.89. The number of nitrogens with zero attached hydrogens (tertiary/aromatic N) is 4. The molecule has 1 saturated carbocycles. The van der Waals surface area contributed by atoms with Gasteiger partial charge in [0.15, 0.2) is 0 Å². The maximum absolute atomic E-state index is 13.0. The molecule has 38 heavy (non-hydrogen) atoms. The Bertz CT molecular complexity index is 1540. The van der Waals surface area contributed by atoms with Crippen LogP contribution in [0, 0.1) is 12.8 Å². The van der Waals surface area contributed by atoms with E-state index in [-0.39, 0.29) is 17.4 Å². The van der Waals surface area contributed by atoms with Crippen LogP contribution in [0.2, 0.25) is 0 Å². The molecule has 0 unspecified atom stereocenters. The van der Waals surface area contributed by atoms with Crippen LogP contribution in [0.25, 0.3) is 22.4 Å². The summed E-state index contributed by atoms with van der Waals surface area (Å²) in [5.41, 5.74) is 2.83. The van der Waals surface area contributed by atoms with E-state index in [1.807, 2.05) is 13.0 Å². The standard InChI is InChI=1S/C27H21F3N6O2/c1-15-2-5-21(35-26(38)19-7-20(13-32-12-19)27(28,29)30)8-22(15)17-6-18(11-31-10-17)23-9-24(34-14-33-23)36-25(37)16-3-4-16/h2,5-14,16H,3-4H2,1H3,(H,35,38)(H,33,34,36,37). The fourth-order valence-electron chi connectivity index (χ4n) is 3.82. The molecule has 11 heteroatoms. The number of aryl methyl sites for hydroxylation is 1. The van der Waals surface area contributed by atoms with Crippen molar-refractivity contribution in [3.63, 3.8) is 0 Å². The van der Waals surface area contributed by atoms with Gasteiger partial charge in [0, 0.05) is 53.6 Å². The number of rotatable bonds is 6. The van der Waals surface area contributed by atoms with E-state index in [1.54, 1.807) is 36.7 Å². The van der Waals surface area contributed by atoms with Crippen molar-refractivity contribution >= 4 is 23.3 Å². The van der Waals surface area contributed by atoms with E-state index >= 15 is 0 Å². The number of halogens is 3. The summed E-state index contributed by atoms with van der Waals surface area (Å²) in [4.78, 5) is 41.0. The number of pyridine rings is 2. The first-order valence-electron chi connectivity index (χ1n) is 11.7. The Balaban J connectivity index is 1.38. The first kappa shape index (κ1) is 25.0. The summed E-state index contributed by atoms with van der Waals surface area (Å²) in [6, 6.07) is 9.47. The van der Waals surface area contributed by atoms with Crippen LogP contribution in [0.3, 0.4) is 0 Å². The van der Waals surface area contributed by atoms with E-state index in [4.69, 9.17) is 0 Å². The molecule has 1 aliphatic carbocycles. The van der Waals surface area contributed by atoms with Crippen LogP contribution in [0.5, 0.6) is 0 Å². The Labute approximate surface area is 215 Å². The van der Waals surface area contributed by atoms with Gasteiger partial charge in [-0.3, -0.25) is 19.6 Å². The average molecular weight is 518 g/mol. The number of hydrogen-bond acceptors (Lipinski definition) is 6. The zero-order valence-corrected chi connectivity index (χ0v) is 20.1. The summed E-state index contributed by atoms with van der Waals surface area (Å²) in [5, 5.41) is 5.44. The third-order valence-corrected chi connectivity index (χ3v) is 6.03. The van der Waals surface area contributed by atoms with E-state index in [1.165, 1.54) is 6.33 Å². The van der Waals surface area contributed by atoms with Gasteiger partial charge in [-0.2, -0.15) is 13.2 Å². The van der Waals surface area contributed by atoms with Crippen LogP contribution in [-0.4, -0.2) is 31.8 Å². The zero-order chi connectivity index (χ0) is 26.9. The highest BCUT2D eigenvalue weighted by atomic mass is 19.4. The lowest BCUT2D eigenvalue weighted by Gasteiger charge is -2.12. The minimum Gasteiger partial charge on any atom is -0.322 e. The highest BCUT2D eigenvalue weighted by Gasteiger charge is 2.32. The largest absolute Gasteiger partial charge is 0.417 e. The molecule has 0 spiro atoms. The molecule has 4 aromatic rings. The van der Waals surface area contributed by atoms with E-state index < -0.39 is 17.6 Å². The molecule has 0 saturated heterocycles. The number of carbonyl (C=O) groups is 2. The van der Waals surface area contributed by atoms with E-state index in [9.17, 15) is 22.8 Å². The number of alkyl halides is 3. The van der Waals surface area contributed by atoms with E-state index in [0.29, 0.717) is 29.0 Å². The SMILES string of the molecule is Cc1ccc(NC(=O)c2cncc(C(F)(F)F)c2)cc1-c1cncc(-c2cc(NC(=O)C3CC3)ncn2)c1. The minimum absolute atomic E-state index is 0.0407. The van der Waals surface area contributed by atoms with Gasteiger partial charge >= 0.3 is 6.18 Å². The van der Waals surface area contributed by atoms with Crippen molar-refractivity contribution < 1.29 is 22.8 Å². The normalized spacial score (nSPS) is 13.2. The van der Waals surface area contributed by atoms with Gasteiger partial charge in [0.05, 0.1) is 16.8 Å². The van der Waals surface area contributed by atoms with E-state index in [0.717, 1.165) is 41.8 Å². The van der Waals surface area contributed by atoms with E-state index in [2.05, 4.69) is 30.6 Å². The first-order chi connectivity index (χ1) is 18.2. The second-order valence-corrected chi connectivity index (χ2v) is 8.96.